The molecule has 3 aromatic rings. The Morgan fingerprint density at radius 3 is 2.17 bits per heavy atom. The Morgan fingerprint density at radius 1 is 0.759 bits per heavy atom. The highest BCUT2D eigenvalue weighted by atomic mass is 35.5. The van der Waals surface area contributed by atoms with Crippen LogP contribution in [0.15, 0.2) is 54.6 Å². The molecule has 0 atom stereocenters. The van der Waals surface area contributed by atoms with Crippen molar-refractivity contribution in [3.8, 4) is 11.5 Å². The Kier molecular flexibility index (Phi) is 7.79. The van der Waals surface area contributed by atoms with Gasteiger partial charge in [0.2, 0.25) is 0 Å². The molecule has 3 aromatic carbocycles. The van der Waals surface area contributed by atoms with Crippen LogP contribution in [0.2, 0.25) is 20.1 Å². The van der Waals surface area contributed by atoms with Gasteiger partial charge in [0.05, 0.1) is 16.7 Å². The summed E-state index contributed by atoms with van der Waals surface area (Å²) in [6.07, 6.45) is 0. The largest absolute Gasteiger partial charge is 0.490 e. The minimum atomic E-state index is 0.315. The SMILES string of the molecule is CCOc1cc(CNc2ccc(Cl)cc2)c(Cl)cc1OCc1ccc(Cl)c(Cl)c1. The van der Waals surface area contributed by atoms with Crippen LogP contribution in [0.4, 0.5) is 5.69 Å². The molecule has 1 N–H and O–H groups in total. The Morgan fingerprint density at radius 2 is 1.48 bits per heavy atom. The molecule has 7 heteroatoms. The zero-order valence-electron chi connectivity index (χ0n) is 15.6. The third-order valence-corrected chi connectivity index (χ3v) is 5.46. The second kappa shape index (κ2) is 10.3. The van der Waals surface area contributed by atoms with Gasteiger partial charge in [-0.1, -0.05) is 52.5 Å². The summed E-state index contributed by atoms with van der Waals surface area (Å²) >= 11 is 24.4. The lowest BCUT2D eigenvalue weighted by atomic mass is 10.2. The van der Waals surface area contributed by atoms with Crippen molar-refractivity contribution in [3.05, 3.63) is 85.8 Å². The summed E-state index contributed by atoms with van der Waals surface area (Å²) in [7, 11) is 0. The van der Waals surface area contributed by atoms with Crippen molar-refractivity contribution in [1.29, 1.82) is 0 Å². The van der Waals surface area contributed by atoms with E-state index in [9.17, 15) is 0 Å². The normalized spacial score (nSPS) is 10.7. The molecule has 0 saturated heterocycles. The van der Waals surface area contributed by atoms with Gasteiger partial charge in [-0.2, -0.15) is 0 Å². The van der Waals surface area contributed by atoms with Gasteiger partial charge in [-0.05, 0) is 60.5 Å². The lowest BCUT2D eigenvalue weighted by Crippen LogP contribution is -2.04. The Balaban J connectivity index is 1.74. The van der Waals surface area contributed by atoms with E-state index in [4.69, 9.17) is 55.9 Å². The average Bonchev–Trinajstić information content (AvgIpc) is 2.70. The van der Waals surface area contributed by atoms with Crippen LogP contribution < -0.4 is 14.8 Å². The fraction of sp³-hybridized carbons (Fsp3) is 0.182. The summed E-state index contributed by atoms with van der Waals surface area (Å²) in [6.45, 7) is 3.28. The smallest absolute Gasteiger partial charge is 0.163 e. The molecule has 0 radical (unpaired) electrons. The lowest BCUT2D eigenvalue weighted by molar-refractivity contribution is 0.269. The summed E-state index contributed by atoms with van der Waals surface area (Å²) in [6, 6.07) is 16.5. The number of hydrogen-bond acceptors (Lipinski definition) is 3. The molecule has 0 aromatic heterocycles. The predicted molar refractivity (Wildman–Crippen MR) is 122 cm³/mol. The van der Waals surface area contributed by atoms with Crippen molar-refractivity contribution in [2.45, 2.75) is 20.1 Å². The monoisotopic (exact) mass is 469 g/mol. The molecule has 0 saturated carbocycles. The van der Waals surface area contributed by atoms with Crippen molar-refractivity contribution >= 4 is 52.1 Å². The lowest BCUT2D eigenvalue weighted by Gasteiger charge is -2.16. The summed E-state index contributed by atoms with van der Waals surface area (Å²) in [4.78, 5) is 0. The van der Waals surface area contributed by atoms with E-state index in [1.54, 1.807) is 18.2 Å². The summed E-state index contributed by atoms with van der Waals surface area (Å²) in [5.74, 6) is 1.20. The van der Waals surface area contributed by atoms with Gasteiger partial charge >= 0.3 is 0 Å². The Labute approximate surface area is 190 Å². The molecule has 0 aliphatic rings. The molecule has 0 fully saturated rings. The van der Waals surface area contributed by atoms with E-state index in [0.717, 1.165) is 16.8 Å². The second-order valence-electron chi connectivity index (χ2n) is 6.22. The van der Waals surface area contributed by atoms with Gasteiger partial charge in [-0.15, -0.1) is 0 Å². The van der Waals surface area contributed by atoms with Gasteiger partial charge in [0, 0.05) is 28.3 Å². The fourth-order valence-corrected chi connectivity index (χ4v) is 3.32. The highest BCUT2D eigenvalue weighted by molar-refractivity contribution is 6.42. The molecule has 3 rings (SSSR count). The number of rotatable bonds is 8. The fourth-order valence-electron chi connectivity index (χ4n) is 2.65. The van der Waals surface area contributed by atoms with E-state index < -0.39 is 0 Å². The standard InChI is InChI=1S/C22H19Cl4NO2/c1-2-28-21-10-15(12-27-17-6-4-16(23)5-7-17)19(25)11-22(21)29-13-14-3-8-18(24)20(26)9-14/h3-11,27H,2,12-13H2,1H3. The van der Waals surface area contributed by atoms with Crippen molar-refractivity contribution in [2.24, 2.45) is 0 Å². The molecular weight excluding hydrogens is 452 g/mol. The van der Waals surface area contributed by atoms with Crippen LogP contribution in [0, 0.1) is 0 Å². The van der Waals surface area contributed by atoms with Crippen molar-refractivity contribution in [1.82, 2.24) is 0 Å². The molecule has 3 nitrogen and oxygen atoms in total. The predicted octanol–water partition coefficient (Wildman–Crippen LogP) is 7.89. The number of anilines is 1. The van der Waals surface area contributed by atoms with Gasteiger partial charge in [0.15, 0.2) is 11.5 Å². The Bertz CT molecular complexity index is 977. The minimum Gasteiger partial charge on any atom is -0.490 e. The van der Waals surface area contributed by atoms with E-state index in [2.05, 4.69) is 5.32 Å². The number of halogens is 4. The Hall–Kier alpha value is -1.78. The van der Waals surface area contributed by atoms with E-state index in [1.807, 2.05) is 43.3 Å². The van der Waals surface area contributed by atoms with Crippen molar-refractivity contribution in [3.63, 3.8) is 0 Å². The van der Waals surface area contributed by atoms with E-state index >= 15 is 0 Å². The maximum absolute atomic E-state index is 6.49. The van der Waals surface area contributed by atoms with Crippen LogP contribution in [-0.2, 0) is 13.2 Å². The molecule has 29 heavy (non-hydrogen) atoms. The zero-order chi connectivity index (χ0) is 20.8. The summed E-state index contributed by atoms with van der Waals surface area (Å²) in [5.41, 5.74) is 2.74. The summed E-state index contributed by atoms with van der Waals surface area (Å²) in [5, 5.41) is 5.58. The maximum Gasteiger partial charge on any atom is 0.163 e. The third-order valence-electron chi connectivity index (χ3n) is 4.12. The van der Waals surface area contributed by atoms with Gasteiger partial charge in [0.1, 0.15) is 6.61 Å². The van der Waals surface area contributed by atoms with E-state index in [-0.39, 0.29) is 0 Å². The first kappa shape index (κ1) is 21.9. The molecule has 0 aliphatic heterocycles. The first-order chi connectivity index (χ1) is 14.0. The highest BCUT2D eigenvalue weighted by Crippen LogP contribution is 2.35. The van der Waals surface area contributed by atoms with Gasteiger partial charge < -0.3 is 14.8 Å². The molecule has 152 valence electrons. The first-order valence-corrected chi connectivity index (χ1v) is 10.5. The topological polar surface area (TPSA) is 30.5 Å². The van der Waals surface area contributed by atoms with Gasteiger partial charge in [0.25, 0.3) is 0 Å². The van der Waals surface area contributed by atoms with Crippen LogP contribution in [0.3, 0.4) is 0 Å². The van der Waals surface area contributed by atoms with Crippen LogP contribution in [0.5, 0.6) is 11.5 Å². The molecule has 0 heterocycles. The van der Waals surface area contributed by atoms with Crippen LogP contribution in [0.25, 0.3) is 0 Å². The number of ether oxygens (including phenoxy) is 2. The molecule has 0 aliphatic carbocycles. The molecule has 0 unspecified atom stereocenters. The average molecular weight is 471 g/mol. The quantitative estimate of drug-likeness (QED) is 0.363. The molecular formula is C22H19Cl4NO2. The van der Waals surface area contributed by atoms with E-state index in [0.29, 0.717) is 51.3 Å². The number of benzene rings is 3. The molecule has 0 amide bonds. The van der Waals surface area contributed by atoms with Crippen molar-refractivity contribution in [2.75, 3.05) is 11.9 Å². The number of nitrogens with one attached hydrogen (secondary N) is 1. The zero-order valence-corrected chi connectivity index (χ0v) is 18.7. The highest BCUT2D eigenvalue weighted by Gasteiger charge is 2.12. The second-order valence-corrected chi connectivity index (χ2v) is 7.88. The van der Waals surface area contributed by atoms with E-state index in [1.165, 1.54) is 0 Å². The van der Waals surface area contributed by atoms with Gasteiger partial charge in [-0.3, -0.25) is 0 Å². The van der Waals surface area contributed by atoms with Gasteiger partial charge in [-0.25, -0.2) is 0 Å². The third kappa shape index (κ3) is 6.10. The molecule has 0 bridgehead atoms. The number of hydrogen-bond donors (Lipinski definition) is 1. The van der Waals surface area contributed by atoms with Crippen LogP contribution >= 0.6 is 46.4 Å². The maximum atomic E-state index is 6.49. The van der Waals surface area contributed by atoms with Crippen LogP contribution in [-0.4, -0.2) is 6.61 Å². The molecule has 0 spiro atoms. The summed E-state index contributed by atoms with van der Waals surface area (Å²) < 4.78 is 11.7. The minimum absolute atomic E-state index is 0.315. The van der Waals surface area contributed by atoms with Crippen molar-refractivity contribution < 1.29 is 9.47 Å². The first-order valence-electron chi connectivity index (χ1n) is 8.97. The van der Waals surface area contributed by atoms with Crippen LogP contribution in [0.1, 0.15) is 18.1 Å².